The van der Waals surface area contributed by atoms with Crippen molar-refractivity contribution in [1.29, 1.82) is 0 Å². The predicted molar refractivity (Wildman–Crippen MR) is 75.6 cm³/mol. The first-order valence-corrected chi connectivity index (χ1v) is 7.07. The van der Waals surface area contributed by atoms with Crippen LogP contribution in [0.1, 0.15) is 29.6 Å². The van der Waals surface area contributed by atoms with Crippen LogP contribution in [-0.2, 0) is 0 Å². The molecule has 19 heavy (non-hydrogen) atoms. The number of carbonyl (C=O) groups excluding carboxylic acids is 2. The molecule has 2 N–H and O–H groups in total. The normalized spacial score (nSPS) is 14.9. The summed E-state index contributed by atoms with van der Waals surface area (Å²) in [7, 11) is 0. The molecule has 0 spiro atoms. The van der Waals surface area contributed by atoms with Crippen LogP contribution < -0.4 is 10.9 Å². The zero-order chi connectivity index (χ0) is 13.7. The maximum atomic E-state index is 11.8. The van der Waals surface area contributed by atoms with Crippen molar-refractivity contribution in [3.63, 3.8) is 0 Å². The van der Waals surface area contributed by atoms with E-state index in [1.54, 1.807) is 29.2 Å². The fourth-order valence-electron chi connectivity index (χ4n) is 1.96. The van der Waals surface area contributed by atoms with Crippen LogP contribution in [0, 0.1) is 0 Å². The van der Waals surface area contributed by atoms with Gasteiger partial charge in [0.15, 0.2) is 0 Å². The smallest absolute Gasteiger partial charge is 0.323 e. The van der Waals surface area contributed by atoms with Gasteiger partial charge in [0, 0.05) is 23.1 Å². The molecule has 1 aromatic rings. The number of hydrogen-bond donors (Lipinski definition) is 2. The Morgan fingerprint density at radius 3 is 2.26 bits per heavy atom. The summed E-state index contributed by atoms with van der Waals surface area (Å²) in [6.07, 6.45) is 3.21. The van der Waals surface area contributed by atoms with Gasteiger partial charge in [0.25, 0.3) is 5.91 Å². The number of rotatable bonds is 1. The van der Waals surface area contributed by atoms with Gasteiger partial charge < -0.3 is 4.90 Å². The number of urea groups is 1. The molecule has 0 atom stereocenters. The van der Waals surface area contributed by atoms with Crippen LogP contribution in [-0.4, -0.2) is 29.9 Å². The van der Waals surface area contributed by atoms with Gasteiger partial charge in [0.05, 0.1) is 0 Å². The maximum Gasteiger partial charge on any atom is 0.336 e. The highest BCUT2D eigenvalue weighted by molar-refractivity contribution is 9.10. The summed E-state index contributed by atoms with van der Waals surface area (Å²) in [6, 6.07) is 6.69. The molecule has 3 amide bonds. The SMILES string of the molecule is O=C(NNC(=O)N1CCCCC1)c1ccc(Br)cc1. The molecule has 2 rings (SSSR count). The van der Waals surface area contributed by atoms with Crippen LogP contribution in [0.25, 0.3) is 0 Å². The van der Waals surface area contributed by atoms with Gasteiger partial charge in [0.2, 0.25) is 0 Å². The Balaban J connectivity index is 1.82. The van der Waals surface area contributed by atoms with Gasteiger partial charge in [-0.1, -0.05) is 15.9 Å². The molecular weight excluding hydrogens is 310 g/mol. The molecule has 1 aliphatic rings. The monoisotopic (exact) mass is 325 g/mol. The minimum absolute atomic E-state index is 0.245. The average Bonchev–Trinajstić information content (AvgIpc) is 2.46. The topological polar surface area (TPSA) is 61.4 Å². The molecule has 0 aliphatic carbocycles. The Kier molecular flexibility index (Phi) is 4.79. The minimum atomic E-state index is -0.321. The van der Waals surface area contributed by atoms with Crippen molar-refractivity contribution in [3.05, 3.63) is 34.3 Å². The first kappa shape index (κ1) is 13.9. The van der Waals surface area contributed by atoms with E-state index >= 15 is 0 Å². The number of hydrazine groups is 1. The first-order chi connectivity index (χ1) is 9.16. The molecule has 1 heterocycles. The lowest BCUT2D eigenvalue weighted by molar-refractivity contribution is 0.0928. The van der Waals surface area contributed by atoms with E-state index in [0.717, 1.165) is 36.8 Å². The second-order valence-corrected chi connectivity index (χ2v) is 5.35. The summed E-state index contributed by atoms with van der Waals surface area (Å²) in [4.78, 5) is 25.3. The van der Waals surface area contributed by atoms with E-state index in [9.17, 15) is 9.59 Å². The molecule has 0 saturated carbocycles. The predicted octanol–water partition coefficient (Wildman–Crippen LogP) is 2.29. The van der Waals surface area contributed by atoms with Crippen molar-refractivity contribution in [1.82, 2.24) is 15.8 Å². The fourth-order valence-corrected chi connectivity index (χ4v) is 2.22. The van der Waals surface area contributed by atoms with Crippen LogP contribution in [0.4, 0.5) is 4.79 Å². The van der Waals surface area contributed by atoms with E-state index in [2.05, 4.69) is 26.8 Å². The van der Waals surface area contributed by atoms with E-state index in [-0.39, 0.29) is 11.9 Å². The van der Waals surface area contributed by atoms with Gasteiger partial charge in [0.1, 0.15) is 0 Å². The summed E-state index contributed by atoms with van der Waals surface area (Å²) < 4.78 is 0.904. The highest BCUT2D eigenvalue weighted by Gasteiger charge is 2.16. The third-order valence-electron chi connectivity index (χ3n) is 3.03. The number of hydrogen-bond acceptors (Lipinski definition) is 2. The third kappa shape index (κ3) is 3.96. The van der Waals surface area contributed by atoms with Gasteiger partial charge in [-0.2, -0.15) is 0 Å². The zero-order valence-electron chi connectivity index (χ0n) is 10.5. The molecule has 1 aromatic carbocycles. The van der Waals surface area contributed by atoms with E-state index in [0.29, 0.717) is 5.56 Å². The largest absolute Gasteiger partial charge is 0.336 e. The van der Waals surface area contributed by atoms with Crippen molar-refractivity contribution >= 4 is 27.9 Å². The summed E-state index contributed by atoms with van der Waals surface area (Å²) in [5.74, 6) is -0.321. The molecule has 102 valence electrons. The van der Waals surface area contributed by atoms with Crippen molar-refractivity contribution in [2.75, 3.05) is 13.1 Å². The van der Waals surface area contributed by atoms with Crippen LogP contribution in [0.2, 0.25) is 0 Å². The second-order valence-electron chi connectivity index (χ2n) is 4.44. The van der Waals surface area contributed by atoms with Crippen LogP contribution in [0.3, 0.4) is 0 Å². The lowest BCUT2D eigenvalue weighted by Gasteiger charge is -2.26. The molecular formula is C13H16BrN3O2. The molecule has 0 aromatic heterocycles. The van der Waals surface area contributed by atoms with Crippen molar-refractivity contribution < 1.29 is 9.59 Å². The number of nitrogens with zero attached hydrogens (tertiary/aromatic N) is 1. The molecule has 0 bridgehead atoms. The van der Waals surface area contributed by atoms with Gasteiger partial charge in [-0.05, 0) is 43.5 Å². The molecule has 1 saturated heterocycles. The number of piperidine rings is 1. The number of likely N-dealkylation sites (tertiary alicyclic amines) is 1. The maximum absolute atomic E-state index is 11.8. The van der Waals surface area contributed by atoms with Gasteiger partial charge >= 0.3 is 6.03 Å². The molecule has 5 nitrogen and oxygen atoms in total. The van der Waals surface area contributed by atoms with Crippen LogP contribution >= 0.6 is 15.9 Å². The van der Waals surface area contributed by atoms with Gasteiger partial charge in [-0.25, -0.2) is 10.2 Å². The van der Waals surface area contributed by atoms with E-state index in [1.807, 2.05) is 0 Å². The Hall–Kier alpha value is -1.56. The van der Waals surface area contributed by atoms with E-state index in [4.69, 9.17) is 0 Å². The average molecular weight is 326 g/mol. The summed E-state index contributed by atoms with van der Waals surface area (Å²) >= 11 is 3.30. The Bertz CT molecular complexity index is 455. The number of carbonyl (C=O) groups is 2. The van der Waals surface area contributed by atoms with Crippen LogP contribution in [0.15, 0.2) is 28.7 Å². The molecule has 0 unspecified atom stereocenters. The summed E-state index contributed by atoms with van der Waals surface area (Å²) in [6.45, 7) is 1.50. The highest BCUT2D eigenvalue weighted by Crippen LogP contribution is 2.10. The second kappa shape index (κ2) is 6.56. The standard InChI is InChI=1S/C13H16BrN3O2/c14-11-6-4-10(5-7-11)12(18)15-16-13(19)17-8-2-1-3-9-17/h4-7H,1-3,8-9H2,(H,15,18)(H,16,19). The third-order valence-corrected chi connectivity index (χ3v) is 3.56. The minimum Gasteiger partial charge on any atom is -0.323 e. The summed E-state index contributed by atoms with van der Waals surface area (Å²) in [5, 5.41) is 0. The Morgan fingerprint density at radius 2 is 1.63 bits per heavy atom. The Labute approximate surface area is 120 Å². The Morgan fingerprint density at radius 1 is 1.00 bits per heavy atom. The number of amides is 3. The highest BCUT2D eigenvalue weighted by atomic mass is 79.9. The number of benzene rings is 1. The lowest BCUT2D eigenvalue weighted by Crippen LogP contribution is -2.50. The molecule has 1 aliphatic heterocycles. The molecule has 1 fully saturated rings. The van der Waals surface area contributed by atoms with Crippen molar-refractivity contribution in [2.24, 2.45) is 0 Å². The lowest BCUT2D eigenvalue weighted by atomic mass is 10.1. The van der Waals surface area contributed by atoms with Gasteiger partial charge in [-0.15, -0.1) is 0 Å². The molecule has 0 radical (unpaired) electrons. The van der Waals surface area contributed by atoms with Gasteiger partial charge in [-0.3, -0.25) is 10.2 Å². The first-order valence-electron chi connectivity index (χ1n) is 6.27. The molecule has 6 heteroatoms. The van der Waals surface area contributed by atoms with Crippen molar-refractivity contribution in [2.45, 2.75) is 19.3 Å². The quantitative estimate of drug-likeness (QED) is 0.778. The number of halogens is 1. The van der Waals surface area contributed by atoms with Crippen molar-refractivity contribution in [3.8, 4) is 0 Å². The fraction of sp³-hybridized carbons (Fsp3) is 0.385. The van der Waals surface area contributed by atoms with E-state index in [1.165, 1.54) is 0 Å². The van der Waals surface area contributed by atoms with E-state index < -0.39 is 0 Å². The number of nitrogens with one attached hydrogen (secondary N) is 2. The zero-order valence-corrected chi connectivity index (χ0v) is 12.1. The van der Waals surface area contributed by atoms with Crippen LogP contribution in [0.5, 0.6) is 0 Å². The summed E-state index contributed by atoms with van der Waals surface area (Å²) in [5.41, 5.74) is 5.36.